The van der Waals surface area contributed by atoms with Gasteiger partial charge < -0.3 is 28.4 Å². The predicted octanol–water partition coefficient (Wildman–Crippen LogP) is 7.89. The lowest BCUT2D eigenvalue weighted by atomic mass is 9.58. The Morgan fingerprint density at radius 3 is 2.33 bits per heavy atom. The lowest BCUT2D eigenvalue weighted by Gasteiger charge is -2.55. The second-order valence-electron chi connectivity index (χ2n) is 16.8. The number of hydrogen-bond donors (Lipinski definition) is 1. The van der Waals surface area contributed by atoms with Crippen molar-refractivity contribution >= 4 is 31.9 Å². The number of unbranched alkanes of at least 4 members (excludes halogenated alkanes) is 2. The van der Waals surface area contributed by atoms with Gasteiger partial charge in [-0.15, -0.1) is 0 Å². The molecule has 2 heterocycles. The number of ketones is 2. The fourth-order valence-electron chi connectivity index (χ4n) is 8.46. The number of carbonyl (C=O) groups is 3. The van der Waals surface area contributed by atoms with Crippen molar-refractivity contribution in [3.8, 4) is 11.6 Å². The summed E-state index contributed by atoms with van der Waals surface area (Å²) < 4.78 is 25.6. The van der Waals surface area contributed by atoms with Crippen molar-refractivity contribution in [2.24, 2.45) is 11.8 Å². The molecule has 12 heteroatoms. The Balaban J connectivity index is 1.62. The number of aldehydes is 1. The van der Waals surface area contributed by atoms with Gasteiger partial charge in [-0.2, -0.15) is 0 Å². The molecule has 4 atom stereocenters. The number of rotatable bonds is 13. The maximum Gasteiger partial charge on any atom is 0.265 e. The third-order valence-electron chi connectivity index (χ3n) is 12.1. The predicted molar refractivity (Wildman–Crippen MR) is 202 cm³/mol. The second-order valence-corrected chi connectivity index (χ2v) is 21.5. The molecular weight excluding hydrogens is 679 g/mol. The number of aliphatic hydroxyl groups is 1. The number of aromatic nitrogens is 1. The van der Waals surface area contributed by atoms with Crippen molar-refractivity contribution in [1.29, 1.82) is 0 Å². The van der Waals surface area contributed by atoms with Gasteiger partial charge in [-0.1, -0.05) is 47.5 Å². The van der Waals surface area contributed by atoms with E-state index in [4.69, 9.17) is 18.4 Å². The third kappa shape index (κ3) is 6.12. The number of benzene rings is 1. The van der Waals surface area contributed by atoms with E-state index in [1.165, 1.54) is 0 Å². The molecule has 1 saturated heterocycles. The Kier molecular flexibility index (Phi) is 10.6. The zero-order valence-corrected chi connectivity index (χ0v) is 33.5. The maximum atomic E-state index is 15.4. The molecule has 2 aromatic rings. The van der Waals surface area contributed by atoms with Crippen LogP contribution in [-0.2, 0) is 10.8 Å². The zero-order chi connectivity index (χ0) is 37.7. The van der Waals surface area contributed by atoms with Crippen LogP contribution in [0.25, 0.3) is 0 Å². The van der Waals surface area contributed by atoms with Gasteiger partial charge in [-0.05, 0) is 93.5 Å². The van der Waals surface area contributed by atoms with E-state index in [9.17, 15) is 9.90 Å². The molecule has 0 spiro atoms. The number of aliphatic hydroxyl groups excluding tert-OH is 1. The van der Waals surface area contributed by atoms with Crippen LogP contribution >= 0.6 is 0 Å². The van der Waals surface area contributed by atoms with Crippen molar-refractivity contribution in [2.45, 2.75) is 116 Å². The van der Waals surface area contributed by atoms with Crippen LogP contribution in [-0.4, -0.2) is 87.3 Å². The SMILES string of the molecule is CCCCOc1cc(C=O)c(N2CCCC2)c2c1C(=O)C1=C(O)[C@]3(O[Si](C)(C)C(C)(C)C)C(=O)c4c(OCCCC)noc4[C@@H](N(C)C)[C@@H]3C[C@@H]1C2. The summed E-state index contributed by atoms with van der Waals surface area (Å²) >= 11 is 0. The molecule has 6 rings (SSSR count). The average Bonchev–Trinajstić information content (AvgIpc) is 3.76. The highest BCUT2D eigenvalue weighted by molar-refractivity contribution is 6.74. The fourth-order valence-corrected chi connectivity index (χ4v) is 9.91. The normalized spacial score (nSPS) is 24.5. The molecule has 3 aliphatic carbocycles. The molecule has 284 valence electrons. The van der Waals surface area contributed by atoms with Crippen LogP contribution in [0.15, 0.2) is 21.9 Å². The number of ether oxygens (including phenoxy) is 2. The van der Waals surface area contributed by atoms with E-state index in [1.54, 1.807) is 6.07 Å². The molecular formula is C40H57N3O8Si. The van der Waals surface area contributed by atoms with Crippen molar-refractivity contribution in [1.82, 2.24) is 10.1 Å². The Morgan fingerprint density at radius 1 is 1.08 bits per heavy atom. The van der Waals surface area contributed by atoms with Crippen molar-refractivity contribution in [3.63, 3.8) is 0 Å². The van der Waals surface area contributed by atoms with E-state index in [2.05, 4.69) is 57.8 Å². The van der Waals surface area contributed by atoms with Crippen molar-refractivity contribution in [3.05, 3.63) is 45.4 Å². The summed E-state index contributed by atoms with van der Waals surface area (Å²) in [5, 5.41) is 16.8. The molecule has 0 radical (unpaired) electrons. The standard InChI is InChI=1S/C40H57N3O8Si/c1-10-12-18-48-28-22-25(23-44)32(43-16-14-15-17-43)26-20-24-21-27-33(42(6)7)35-31(38(41-50-35)49-19-13-11-2)37(47)40(27,51-52(8,9)39(3,4)5)36(46)29(24)34(45)30(26)28/h22-24,27,33,46H,10-21H2,1-9H3/t24-,27-,33-,40-/m0/s1. The number of Topliss-reactive ketones (excluding diaryl/α,β-unsaturated/α-hetero) is 2. The zero-order valence-electron chi connectivity index (χ0n) is 32.5. The molecule has 52 heavy (non-hydrogen) atoms. The van der Waals surface area contributed by atoms with Gasteiger partial charge in [-0.25, -0.2) is 0 Å². The first-order valence-electron chi connectivity index (χ1n) is 19.2. The van der Waals surface area contributed by atoms with Gasteiger partial charge >= 0.3 is 0 Å². The first-order valence-corrected chi connectivity index (χ1v) is 22.1. The Hall–Kier alpha value is -3.48. The molecule has 4 aliphatic rings. The molecule has 0 saturated carbocycles. The Morgan fingerprint density at radius 2 is 1.73 bits per heavy atom. The van der Waals surface area contributed by atoms with Gasteiger partial charge in [0.15, 0.2) is 31.7 Å². The minimum absolute atomic E-state index is 0.0838. The fraction of sp³-hybridized carbons (Fsp3) is 0.650. The lowest BCUT2D eigenvalue weighted by molar-refractivity contribution is -0.0480. The summed E-state index contributed by atoms with van der Waals surface area (Å²) in [6.07, 6.45) is 6.94. The quantitative estimate of drug-likeness (QED) is 0.122. The molecule has 1 N–H and O–H groups in total. The summed E-state index contributed by atoms with van der Waals surface area (Å²) in [6.45, 7) is 16.8. The van der Waals surface area contributed by atoms with E-state index in [-0.39, 0.29) is 33.6 Å². The number of hydrogen-bond acceptors (Lipinski definition) is 11. The molecule has 1 fully saturated rings. The van der Waals surface area contributed by atoms with Crippen LogP contribution in [0.5, 0.6) is 11.6 Å². The highest BCUT2D eigenvalue weighted by atomic mass is 28.4. The van der Waals surface area contributed by atoms with E-state index in [0.717, 1.165) is 69.2 Å². The molecule has 1 aromatic heterocycles. The second kappa shape index (κ2) is 14.4. The van der Waals surface area contributed by atoms with Gasteiger partial charge in [0, 0.05) is 30.1 Å². The number of allylic oxidation sites excluding steroid dienone is 1. The van der Waals surface area contributed by atoms with Gasteiger partial charge in [-0.3, -0.25) is 19.3 Å². The first-order chi connectivity index (χ1) is 24.6. The maximum absolute atomic E-state index is 15.4. The minimum atomic E-state index is -2.84. The number of fused-ring (bicyclic) bond motifs is 4. The monoisotopic (exact) mass is 735 g/mol. The largest absolute Gasteiger partial charge is 0.508 e. The Bertz CT molecular complexity index is 1750. The smallest absolute Gasteiger partial charge is 0.265 e. The highest BCUT2D eigenvalue weighted by Gasteiger charge is 2.67. The number of anilines is 1. The van der Waals surface area contributed by atoms with Crippen LogP contribution < -0.4 is 14.4 Å². The van der Waals surface area contributed by atoms with E-state index < -0.39 is 37.6 Å². The average molecular weight is 736 g/mol. The summed E-state index contributed by atoms with van der Waals surface area (Å²) in [5.41, 5.74) is 0.887. The first kappa shape index (κ1) is 38.2. The van der Waals surface area contributed by atoms with Crippen LogP contribution in [0.2, 0.25) is 18.1 Å². The third-order valence-corrected chi connectivity index (χ3v) is 16.6. The summed E-state index contributed by atoms with van der Waals surface area (Å²) in [5.74, 6) is -1.47. The molecule has 0 bridgehead atoms. The minimum Gasteiger partial charge on any atom is -0.508 e. The van der Waals surface area contributed by atoms with Crippen LogP contribution in [0.3, 0.4) is 0 Å². The van der Waals surface area contributed by atoms with E-state index in [1.807, 2.05) is 19.0 Å². The molecule has 0 amide bonds. The summed E-state index contributed by atoms with van der Waals surface area (Å²) in [4.78, 5) is 47.4. The summed E-state index contributed by atoms with van der Waals surface area (Å²) in [7, 11) is 0.999. The van der Waals surface area contributed by atoms with Crippen LogP contribution in [0.4, 0.5) is 5.69 Å². The number of nitrogens with zero attached hydrogens (tertiary/aromatic N) is 3. The lowest BCUT2D eigenvalue weighted by Crippen LogP contribution is -2.65. The van der Waals surface area contributed by atoms with Crippen LogP contribution in [0.1, 0.15) is 128 Å². The van der Waals surface area contributed by atoms with E-state index >= 15 is 9.59 Å². The number of carbonyl (C=O) groups excluding carboxylic acids is 3. The molecule has 1 aromatic carbocycles. The topological polar surface area (TPSA) is 132 Å². The molecule has 11 nitrogen and oxygen atoms in total. The molecule has 1 aliphatic heterocycles. The van der Waals surface area contributed by atoms with Crippen LogP contribution in [0, 0.1) is 11.8 Å². The van der Waals surface area contributed by atoms with Crippen molar-refractivity contribution in [2.75, 3.05) is 45.3 Å². The molecule has 0 unspecified atom stereocenters. The van der Waals surface area contributed by atoms with Gasteiger partial charge in [0.1, 0.15) is 17.1 Å². The van der Waals surface area contributed by atoms with E-state index in [0.29, 0.717) is 48.7 Å². The van der Waals surface area contributed by atoms with Gasteiger partial charge in [0.25, 0.3) is 5.88 Å². The highest BCUT2D eigenvalue weighted by Crippen LogP contribution is 2.60. The Labute approximate surface area is 309 Å². The van der Waals surface area contributed by atoms with Gasteiger partial charge in [0.2, 0.25) is 5.78 Å². The van der Waals surface area contributed by atoms with Gasteiger partial charge in [0.05, 0.1) is 30.5 Å². The summed E-state index contributed by atoms with van der Waals surface area (Å²) in [6, 6.07) is 1.16. The van der Waals surface area contributed by atoms with Crippen molar-refractivity contribution < 1.29 is 37.9 Å².